The zero-order valence-corrected chi connectivity index (χ0v) is 18.8. The summed E-state index contributed by atoms with van der Waals surface area (Å²) in [6, 6.07) is 7.87. The van der Waals surface area contributed by atoms with Crippen LogP contribution in [0.3, 0.4) is 0 Å². The first-order valence-corrected chi connectivity index (χ1v) is 11.7. The third-order valence-corrected chi connectivity index (χ3v) is 5.81. The number of benzene rings is 1. The average Bonchev–Trinajstić information content (AvgIpc) is 2.65. The van der Waals surface area contributed by atoms with E-state index in [-0.39, 0.29) is 17.2 Å². The second-order valence-corrected chi connectivity index (χ2v) is 9.91. The zero-order chi connectivity index (χ0) is 22.1. The molecule has 2 heterocycles. The van der Waals surface area contributed by atoms with Gasteiger partial charge in [0.05, 0.1) is 29.0 Å². The van der Waals surface area contributed by atoms with E-state index >= 15 is 0 Å². The van der Waals surface area contributed by atoms with Crippen molar-refractivity contribution in [2.24, 2.45) is 5.92 Å². The smallest absolute Gasteiger partial charge is 0.272 e. The van der Waals surface area contributed by atoms with E-state index < -0.39 is 16.1 Å². The van der Waals surface area contributed by atoms with Gasteiger partial charge in [-0.25, -0.2) is 18.4 Å². The minimum atomic E-state index is -3.45. The van der Waals surface area contributed by atoms with Gasteiger partial charge in [-0.3, -0.25) is 9.10 Å². The summed E-state index contributed by atoms with van der Waals surface area (Å²) in [7, 11) is -3.45. The lowest BCUT2D eigenvalue weighted by atomic mass is 10.2. The van der Waals surface area contributed by atoms with E-state index in [1.807, 2.05) is 13.8 Å². The van der Waals surface area contributed by atoms with Gasteiger partial charge >= 0.3 is 0 Å². The van der Waals surface area contributed by atoms with Gasteiger partial charge in [0.15, 0.2) is 0 Å². The van der Waals surface area contributed by atoms with Crippen LogP contribution in [-0.2, 0) is 10.0 Å². The summed E-state index contributed by atoms with van der Waals surface area (Å²) in [5.74, 6) is 0.584. The standard InChI is InChI=1S/C20H24ClN5O3S/c1-12(2)11-26(30(4,28)29)15-7-8-22-18(10-15)23-13(3)19-20(27)25-16-6-5-14(21)9-17(16)24-19/h5-10,12-13H,11H2,1-4H3,(H,22,23)(H,25,27). The molecule has 1 unspecified atom stereocenters. The minimum absolute atomic E-state index is 0.149. The number of fused-ring (bicyclic) bond motifs is 1. The molecule has 0 aliphatic carbocycles. The van der Waals surface area contributed by atoms with Crippen LogP contribution in [0.4, 0.5) is 11.5 Å². The van der Waals surface area contributed by atoms with E-state index in [1.165, 1.54) is 16.8 Å². The third-order valence-electron chi connectivity index (χ3n) is 4.42. The molecule has 0 saturated heterocycles. The Morgan fingerprint density at radius 2 is 1.93 bits per heavy atom. The fourth-order valence-corrected chi connectivity index (χ4v) is 4.30. The van der Waals surface area contributed by atoms with Crippen molar-refractivity contribution in [3.8, 4) is 0 Å². The highest BCUT2D eigenvalue weighted by molar-refractivity contribution is 7.92. The Balaban J connectivity index is 1.91. The molecular formula is C20H24ClN5O3S. The molecular weight excluding hydrogens is 426 g/mol. The van der Waals surface area contributed by atoms with Crippen LogP contribution in [0.15, 0.2) is 41.3 Å². The molecule has 3 rings (SSSR count). The molecule has 30 heavy (non-hydrogen) atoms. The maximum absolute atomic E-state index is 12.5. The Morgan fingerprint density at radius 1 is 1.20 bits per heavy atom. The van der Waals surface area contributed by atoms with Crippen LogP contribution in [0.2, 0.25) is 5.02 Å². The number of nitrogens with zero attached hydrogens (tertiary/aromatic N) is 3. The molecule has 10 heteroatoms. The summed E-state index contributed by atoms with van der Waals surface area (Å²) in [5.41, 5.74) is 1.63. The molecule has 0 bridgehead atoms. The Kier molecular flexibility index (Phi) is 6.33. The molecule has 0 spiro atoms. The van der Waals surface area contributed by atoms with Crippen molar-refractivity contribution in [3.63, 3.8) is 0 Å². The van der Waals surface area contributed by atoms with Crippen molar-refractivity contribution in [1.29, 1.82) is 0 Å². The van der Waals surface area contributed by atoms with Crippen LogP contribution in [-0.4, -0.2) is 36.2 Å². The molecule has 8 nitrogen and oxygen atoms in total. The molecule has 0 aliphatic rings. The minimum Gasteiger partial charge on any atom is -0.362 e. The lowest BCUT2D eigenvalue weighted by Gasteiger charge is -2.25. The van der Waals surface area contributed by atoms with Gasteiger partial charge in [-0.1, -0.05) is 25.4 Å². The molecule has 0 saturated carbocycles. The second-order valence-electron chi connectivity index (χ2n) is 7.57. The van der Waals surface area contributed by atoms with Crippen molar-refractivity contribution < 1.29 is 8.42 Å². The Morgan fingerprint density at radius 3 is 2.60 bits per heavy atom. The molecule has 2 aromatic heterocycles. The quantitative estimate of drug-likeness (QED) is 0.570. The number of halogens is 1. The molecule has 2 N–H and O–H groups in total. The van der Waals surface area contributed by atoms with Gasteiger partial charge < -0.3 is 10.3 Å². The zero-order valence-electron chi connectivity index (χ0n) is 17.2. The Bertz CT molecular complexity index is 1230. The van der Waals surface area contributed by atoms with Crippen molar-refractivity contribution in [2.45, 2.75) is 26.8 Å². The third kappa shape index (κ3) is 5.09. The van der Waals surface area contributed by atoms with Crippen LogP contribution in [0.5, 0.6) is 0 Å². The van der Waals surface area contributed by atoms with E-state index in [4.69, 9.17) is 11.6 Å². The summed E-state index contributed by atoms with van der Waals surface area (Å²) in [4.78, 5) is 24.0. The lowest BCUT2D eigenvalue weighted by Crippen LogP contribution is -2.33. The highest BCUT2D eigenvalue weighted by Gasteiger charge is 2.20. The maximum atomic E-state index is 12.5. The molecule has 0 fully saturated rings. The Labute approximate surface area is 180 Å². The van der Waals surface area contributed by atoms with Gasteiger partial charge in [-0.05, 0) is 37.1 Å². The highest BCUT2D eigenvalue weighted by Crippen LogP contribution is 2.24. The number of hydrogen-bond acceptors (Lipinski definition) is 6. The molecule has 3 aromatic rings. The van der Waals surface area contributed by atoms with Crippen LogP contribution in [0, 0.1) is 5.92 Å². The van der Waals surface area contributed by atoms with Crippen LogP contribution >= 0.6 is 11.6 Å². The predicted molar refractivity (Wildman–Crippen MR) is 121 cm³/mol. The highest BCUT2D eigenvalue weighted by atomic mass is 35.5. The second kappa shape index (κ2) is 8.61. The van der Waals surface area contributed by atoms with E-state index in [9.17, 15) is 13.2 Å². The van der Waals surface area contributed by atoms with Crippen LogP contribution < -0.4 is 15.2 Å². The summed E-state index contributed by atoms with van der Waals surface area (Å²) in [5, 5.41) is 3.65. The largest absolute Gasteiger partial charge is 0.362 e. The van der Waals surface area contributed by atoms with E-state index in [0.717, 1.165) is 0 Å². The Hall–Kier alpha value is -2.65. The number of rotatable bonds is 7. The van der Waals surface area contributed by atoms with E-state index in [1.54, 1.807) is 37.3 Å². The van der Waals surface area contributed by atoms with Crippen molar-refractivity contribution in [2.75, 3.05) is 22.4 Å². The van der Waals surface area contributed by atoms with E-state index in [2.05, 4.69) is 20.3 Å². The van der Waals surface area contributed by atoms with Gasteiger partial charge in [0.25, 0.3) is 5.56 Å². The topological polar surface area (TPSA) is 108 Å². The average molecular weight is 450 g/mol. The number of hydrogen-bond donors (Lipinski definition) is 2. The van der Waals surface area contributed by atoms with Gasteiger partial charge in [0.1, 0.15) is 11.5 Å². The van der Waals surface area contributed by atoms with Gasteiger partial charge in [0, 0.05) is 23.8 Å². The van der Waals surface area contributed by atoms with E-state index in [0.29, 0.717) is 34.1 Å². The molecule has 0 amide bonds. The first-order chi connectivity index (χ1) is 14.0. The van der Waals surface area contributed by atoms with Gasteiger partial charge in [0.2, 0.25) is 10.0 Å². The number of nitrogens with one attached hydrogen (secondary N) is 2. The van der Waals surface area contributed by atoms with Gasteiger partial charge in [-0.2, -0.15) is 0 Å². The summed E-state index contributed by atoms with van der Waals surface area (Å²) in [6.07, 6.45) is 2.70. The molecule has 0 radical (unpaired) electrons. The number of aromatic nitrogens is 3. The SMILES string of the molecule is CC(C)CN(c1ccnc(NC(C)c2nc3cc(Cl)ccc3[nH]c2=O)c1)S(C)(=O)=O. The lowest BCUT2D eigenvalue weighted by molar-refractivity contribution is 0.583. The number of pyridine rings is 1. The summed E-state index contributed by atoms with van der Waals surface area (Å²) >= 11 is 6.03. The number of aromatic amines is 1. The molecule has 0 aliphatic heterocycles. The first kappa shape index (κ1) is 22.0. The normalized spacial score (nSPS) is 12.9. The fourth-order valence-electron chi connectivity index (χ4n) is 3.07. The van der Waals surface area contributed by atoms with Crippen molar-refractivity contribution in [1.82, 2.24) is 15.0 Å². The van der Waals surface area contributed by atoms with Crippen LogP contribution in [0.1, 0.15) is 32.5 Å². The number of sulfonamides is 1. The van der Waals surface area contributed by atoms with Crippen molar-refractivity contribution >= 4 is 44.2 Å². The number of H-pyrrole nitrogens is 1. The predicted octanol–water partition coefficient (Wildman–Crippen LogP) is 3.57. The monoisotopic (exact) mass is 449 g/mol. The summed E-state index contributed by atoms with van der Waals surface area (Å²) in [6.45, 7) is 6.03. The first-order valence-electron chi connectivity index (χ1n) is 9.44. The fraction of sp³-hybridized carbons (Fsp3) is 0.350. The maximum Gasteiger partial charge on any atom is 0.272 e. The molecule has 160 valence electrons. The number of anilines is 2. The molecule has 1 aromatic carbocycles. The summed E-state index contributed by atoms with van der Waals surface area (Å²) < 4.78 is 25.8. The molecule has 1 atom stereocenters. The van der Waals surface area contributed by atoms with Crippen LogP contribution in [0.25, 0.3) is 11.0 Å². The van der Waals surface area contributed by atoms with Gasteiger partial charge in [-0.15, -0.1) is 0 Å². The van der Waals surface area contributed by atoms with Crippen molar-refractivity contribution in [3.05, 3.63) is 57.6 Å².